The van der Waals surface area contributed by atoms with E-state index in [9.17, 15) is 4.79 Å². The number of carbonyl (C=O) groups excluding carboxylic acids is 1. The molecule has 30 heavy (non-hydrogen) atoms. The van der Waals surface area contributed by atoms with Gasteiger partial charge in [-0.1, -0.05) is 41.6 Å². The molecule has 0 amide bonds. The van der Waals surface area contributed by atoms with Crippen LogP contribution < -0.4 is 4.74 Å². The molecule has 4 aromatic rings. The number of rotatable bonds is 7. The predicted molar refractivity (Wildman–Crippen MR) is 113 cm³/mol. The van der Waals surface area contributed by atoms with Crippen molar-refractivity contribution < 1.29 is 18.8 Å². The number of hydrogen-bond donors (Lipinski definition) is 0. The summed E-state index contributed by atoms with van der Waals surface area (Å²) in [6, 6.07) is 16.8. The Hall–Kier alpha value is -3.45. The van der Waals surface area contributed by atoms with E-state index < -0.39 is 5.97 Å². The van der Waals surface area contributed by atoms with E-state index in [1.807, 2.05) is 49.6 Å². The Kier molecular flexibility index (Phi) is 5.90. The molecule has 2 heterocycles. The molecule has 0 saturated heterocycles. The smallest absolute Gasteiger partial charge is 0.338 e. The Labute approximate surface area is 178 Å². The second-order valence-electron chi connectivity index (χ2n) is 6.71. The highest BCUT2D eigenvalue weighted by Crippen LogP contribution is 2.24. The number of hydrogen-bond acceptors (Lipinski definition) is 7. The van der Waals surface area contributed by atoms with Gasteiger partial charge in [-0.2, -0.15) is 0 Å². The lowest BCUT2D eigenvalue weighted by molar-refractivity contribution is 0.0468. The van der Waals surface area contributed by atoms with E-state index in [1.54, 1.807) is 24.3 Å². The maximum Gasteiger partial charge on any atom is 0.338 e. The maximum atomic E-state index is 12.5. The molecule has 2 aromatic heterocycles. The lowest BCUT2D eigenvalue weighted by Gasteiger charge is -2.08. The Balaban J connectivity index is 1.36. The van der Waals surface area contributed by atoms with E-state index in [2.05, 4.69) is 10.1 Å². The third-order valence-corrected chi connectivity index (χ3v) is 5.50. The van der Waals surface area contributed by atoms with Crippen LogP contribution in [0.4, 0.5) is 0 Å². The van der Waals surface area contributed by atoms with Gasteiger partial charge in [0.15, 0.2) is 0 Å². The van der Waals surface area contributed by atoms with E-state index in [0.717, 1.165) is 33.3 Å². The van der Waals surface area contributed by atoms with Crippen molar-refractivity contribution in [3.63, 3.8) is 0 Å². The second kappa shape index (κ2) is 8.92. The van der Waals surface area contributed by atoms with Gasteiger partial charge in [0.1, 0.15) is 29.7 Å². The normalized spacial score (nSPS) is 10.7. The van der Waals surface area contributed by atoms with Gasteiger partial charge in [-0.3, -0.25) is 0 Å². The quantitative estimate of drug-likeness (QED) is 0.375. The molecule has 0 fully saturated rings. The lowest BCUT2D eigenvalue weighted by atomic mass is 10.2. The molecule has 0 bridgehead atoms. The van der Waals surface area contributed by atoms with Gasteiger partial charge in [0, 0.05) is 10.9 Å². The first-order chi connectivity index (χ1) is 14.6. The van der Waals surface area contributed by atoms with Crippen LogP contribution in [0.25, 0.3) is 10.6 Å². The number of esters is 1. The van der Waals surface area contributed by atoms with Crippen molar-refractivity contribution in [2.45, 2.75) is 27.1 Å². The molecule has 0 aliphatic rings. The van der Waals surface area contributed by atoms with Crippen molar-refractivity contribution in [1.29, 1.82) is 0 Å². The van der Waals surface area contributed by atoms with Gasteiger partial charge in [0.2, 0.25) is 0 Å². The zero-order chi connectivity index (χ0) is 20.9. The monoisotopic (exact) mass is 420 g/mol. The first kappa shape index (κ1) is 19.8. The molecule has 152 valence electrons. The molecule has 0 N–H and O–H groups in total. The molecule has 0 aliphatic heterocycles. The largest absolute Gasteiger partial charge is 0.489 e. The minimum atomic E-state index is -0.424. The van der Waals surface area contributed by atoms with Gasteiger partial charge in [0.05, 0.1) is 22.5 Å². The summed E-state index contributed by atoms with van der Waals surface area (Å²) in [5.74, 6) is 0.873. The molecule has 0 saturated carbocycles. The van der Waals surface area contributed by atoms with Gasteiger partial charge in [-0.05, 0) is 32.0 Å². The molecule has 6 nitrogen and oxygen atoms in total. The Morgan fingerprint density at radius 3 is 2.67 bits per heavy atom. The number of benzene rings is 2. The summed E-state index contributed by atoms with van der Waals surface area (Å²) in [5, 5.41) is 6.72. The summed E-state index contributed by atoms with van der Waals surface area (Å²) >= 11 is 1.52. The average molecular weight is 420 g/mol. The second-order valence-corrected chi connectivity index (χ2v) is 7.56. The zero-order valence-electron chi connectivity index (χ0n) is 16.6. The standard InChI is InChI=1S/C23H20N2O4S/c1-15-21(16(2)29-25-15)13-27-20-10-6-9-18(11-20)23(26)28-12-19-14-30-22(24-19)17-7-4-3-5-8-17/h3-11,14H,12-13H2,1-2H3. The first-order valence-corrected chi connectivity index (χ1v) is 10.3. The summed E-state index contributed by atoms with van der Waals surface area (Å²) in [6.07, 6.45) is 0. The van der Waals surface area contributed by atoms with Crippen molar-refractivity contribution in [2.24, 2.45) is 0 Å². The SMILES string of the molecule is Cc1noc(C)c1COc1cccc(C(=O)OCc2csc(-c3ccccc3)n2)c1. The minimum absolute atomic E-state index is 0.117. The summed E-state index contributed by atoms with van der Waals surface area (Å²) in [4.78, 5) is 17.0. The zero-order valence-corrected chi connectivity index (χ0v) is 17.4. The van der Waals surface area contributed by atoms with E-state index in [-0.39, 0.29) is 6.61 Å². The van der Waals surface area contributed by atoms with Crippen molar-refractivity contribution >= 4 is 17.3 Å². The highest BCUT2D eigenvalue weighted by Gasteiger charge is 2.13. The van der Waals surface area contributed by atoms with Crippen molar-refractivity contribution in [2.75, 3.05) is 0 Å². The summed E-state index contributed by atoms with van der Waals surface area (Å²) in [5.41, 5.74) is 3.88. The lowest BCUT2D eigenvalue weighted by Crippen LogP contribution is -2.06. The van der Waals surface area contributed by atoms with Crippen molar-refractivity contribution in [1.82, 2.24) is 10.1 Å². The van der Waals surface area contributed by atoms with Crippen LogP contribution in [-0.4, -0.2) is 16.1 Å². The molecule has 0 spiro atoms. The number of aryl methyl sites for hydroxylation is 2. The van der Waals surface area contributed by atoms with E-state index >= 15 is 0 Å². The van der Waals surface area contributed by atoms with Crippen LogP contribution in [0, 0.1) is 13.8 Å². The highest BCUT2D eigenvalue weighted by molar-refractivity contribution is 7.13. The van der Waals surface area contributed by atoms with Crippen LogP contribution in [0.1, 0.15) is 33.1 Å². The van der Waals surface area contributed by atoms with Crippen LogP contribution in [-0.2, 0) is 18.0 Å². The van der Waals surface area contributed by atoms with Crippen LogP contribution in [0.3, 0.4) is 0 Å². The number of thiazole rings is 1. The Morgan fingerprint density at radius 2 is 1.90 bits per heavy atom. The average Bonchev–Trinajstić information content (AvgIpc) is 3.38. The first-order valence-electron chi connectivity index (χ1n) is 9.41. The third-order valence-electron chi connectivity index (χ3n) is 4.56. The predicted octanol–water partition coefficient (Wildman–Crippen LogP) is 5.35. The van der Waals surface area contributed by atoms with Crippen LogP contribution in [0.2, 0.25) is 0 Å². The van der Waals surface area contributed by atoms with Crippen molar-refractivity contribution in [3.05, 3.63) is 88.3 Å². The Morgan fingerprint density at radius 1 is 1.07 bits per heavy atom. The summed E-state index contributed by atoms with van der Waals surface area (Å²) in [6.45, 7) is 4.14. The Bertz CT molecular complexity index is 1130. The minimum Gasteiger partial charge on any atom is -0.489 e. The molecule has 0 radical (unpaired) electrons. The van der Waals surface area contributed by atoms with Crippen LogP contribution in [0.5, 0.6) is 5.75 Å². The summed E-state index contributed by atoms with van der Waals surface area (Å²) < 4.78 is 16.4. The molecular weight excluding hydrogens is 400 g/mol. The van der Waals surface area contributed by atoms with Gasteiger partial charge < -0.3 is 14.0 Å². The van der Waals surface area contributed by atoms with Gasteiger partial charge >= 0.3 is 5.97 Å². The number of aromatic nitrogens is 2. The van der Waals surface area contributed by atoms with Crippen LogP contribution >= 0.6 is 11.3 Å². The molecule has 0 atom stereocenters. The highest BCUT2D eigenvalue weighted by atomic mass is 32.1. The fourth-order valence-electron chi connectivity index (χ4n) is 2.89. The van der Waals surface area contributed by atoms with E-state index in [4.69, 9.17) is 14.0 Å². The summed E-state index contributed by atoms with van der Waals surface area (Å²) in [7, 11) is 0. The molecule has 2 aromatic carbocycles. The van der Waals surface area contributed by atoms with Crippen molar-refractivity contribution in [3.8, 4) is 16.3 Å². The fraction of sp³-hybridized carbons (Fsp3) is 0.174. The fourth-order valence-corrected chi connectivity index (χ4v) is 3.70. The van der Waals surface area contributed by atoms with Gasteiger partial charge in [-0.25, -0.2) is 9.78 Å². The number of carbonyl (C=O) groups is 1. The molecule has 4 rings (SSSR count). The van der Waals surface area contributed by atoms with E-state index in [0.29, 0.717) is 17.9 Å². The molecule has 0 aliphatic carbocycles. The van der Waals surface area contributed by atoms with Gasteiger partial charge in [-0.15, -0.1) is 11.3 Å². The topological polar surface area (TPSA) is 74.5 Å². The molecular formula is C23H20N2O4S. The molecule has 7 heteroatoms. The maximum absolute atomic E-state index is 12.5. The van der Waals surface area contributed by atoms with Crippen LogP contribution in [0.15, 0.2) is 64.5 Å². The van der Waals surface area contributed by atoms with E-state index in [1.165, 1.54) is 11.3 Å². The number of ether oxygens (including phenoxy) is 2. The third kappa shape index (κ3) is 4.58. The number of nitrogens with zero attached hydrogens (tertiary/aromatic N) is 2. The molecule has 0 unspecified atom stereocenters. The van der Waals surface area contributed by atoms with Gasteiger partial charge in [0.25, 0.3) is 0 Å².